The van der Waals surface area contributed by atoms with Crippen LogP contribution in [0, 0.1) is 0 Å². The van der Waals surface area contributed by atoms with Crippen LogP contribution in [0.4, 0.5) is 0 Å². The van der Waals surface area contributed by atoms with Crippen molar-refractivity contribution in [3.63, 3.8) is 0 Å². The molecule has 2 heterocycles. The molecule has 1 aromatic carbocycles. The zero-order valence-corrected chi connectivity index (χ0v) is 16.9. The summed E-state index contributed by atoms with van der Waals surface area (Å²) in [5.41, 5.74) is 2.27. The van der Waals surface area contributed by atoms with Crippen LogP contribution in [0.3, 0.4) is 0 Å². The number of rotatable bonds is 8. The van der Waals surface area contributed by atoms with Gasteiger partial charge in [-0.05, 0) is 37.8 Å². The summed E-state index contributed by atoms with van der Waals surface area (Å²) in [6.07, 6.45) is 4.30. The minimum Gasteiger partial charge on any atom is -0.361 e. The maximum Gasteiger partial charge on any atom is 0.239 e. The molecule has 1 fully saturated rings. The molecule has 1 saturated heterocycles. The van der Waals surface area contributed by atoms with E-state index in [-0.39, 0.29) is 35.9 Å². The van der Waals surface area contributed by atoms with Gasteiger partial charge in [-0.2, -0.15) is 0 Å². The van der Waals surface area contributed by atoms with Gasteiger partial charge in [0.1, 0.15) is 0 Å². The van der Waals surface area contributed by atoms with E-state index in [1.165, 1.54) is 15.8 Å². The third-order valence-corrected chi connectivity index (χ3v) is 6.95. The van der Waals surface area contributed by atoms with E-state index >= 15 is 0 Å². The molecule has 152 valence electrons. The number of nitrogens with zero attached hydrogens (tertiary/aromatic N) is 1. The van der Waals surface area contributed by atoms with Gasteiger partial charge in [-0.3, -0.25) is 9.59 Å². The molecule has 0 aliphatic carbocycles. The summed E-state index contributed by atoms with van der Waals surface area (Å²) < 4.78 is 23.0. The van der Waals surface area contributed by atoms with E-state index in [2.05, 4.69) is 16.4 Å². The molecular weight excluding hydrogens is 378 g/mol. The fourth-order valence-corrected chi connectivity index (χ4v) is 5.33. The van der Waals surface area contributed by atoms with E-state index in [0.29, 0.717) is 25.8 Å². The van der Waals surface area contributed by atoms with Crippen LogP contribution in [0.2, 0.25) is 0 Å². The monoisotopic (exact) mass is 405 g/mol. The number of nitrogens with one attached hydrogen (secondary N) is 2. The van der Waals surface area contributed by atoms with Gasteiger partial charge in [0.25, 0.3) is 0 Å². The summed E-state index contributed by atoms with van der Waals surface area (Å²) in [5, 5.41) is 3.91. The topological polar surface area (TPSA) is 99.3 Å². The minimum absolute atomic E-state index is 0.0105. The lowest BCUT2D eigenvalue weighted by Crippen LogP contribution is -2.44. The van der Waals surface area contributed by atoms with Crippen molar-refractivity contribution < 1.29 is 18.0 Å². The van der Waals surface area contributed by atoms with Gasteiger partial charge in [-0.1, -0.05) is 18.2 Å². The SMILES string of the molecule is CCN(CC(=O)N[C@H]1CCS(=O)(=O)C1)C(=O)CCCc1c[nH]c2ccccc12. The zero-order chi connectivity index (χ0) is 20.1. The first-order chi connectivity index (χ1) is 13.4. The van der Waals surface area contributed by atoms with Gasteiger partial charge in [-0.25, -0.2) is 8.42 Å². The Morgan fingerprint density at radius 3 is 2.79 bits per heavy atom. The summed E-state index contributed by atoms with van der Waals surface area (Å²) >= 11 is 0. The van der Waals surface area contributed by atoms with Gasteiger partial charge in [0.05, 0.1) is 18.1 Å². The number of aromatic amines is 1. The minimum atomic E-state index is -3.04. The molecule has 0 radical (unpaired) electrons. The fraction of sp³-hybridized carbons (Fsp3) is 0.500. The van der Waals surface area contributed by atoms with Crippen LogP contribution in [0.25, 0.3) is 10.9 Å². The van der Waals surface area contributed by atoms with E-state index in [1.54, 1.807) is 0 Å². The van der Waals surface area contributed by atoms with Crippen molar-refractivity contribution in [2.75, 3.05) is 24.6 Å². The number of aromatic nitrogens is 1. The number of fused-ring (bicyclic) bond motifs is 1. The van der Waals surface area contributed by atoms with Crippen LogP contribution in [0.15, 0.2) is 30.5 Å². The van der Waals surface area contributed by atoms with Crippen LogP contribution in [-0.2, 0) is 25.8 Å². The van der Waals surface area contributed by atoms with Gasteiger partial charge >= 0.3 is 0 Å². The first-order valence-electron chi connectivity index (χ1n) is 9.70. The average Bonchev–Trinajstić information content (AvgIpc) is 3.22. The highest BCUT2D eigenvalue weighted by Crippen LogP contribution is 2.19. The molecule has 1 aromatic heterocycles. The lowest BCUT2D eigenvalue weighted by atomic mass is 10.1. The highest BCUT2D eigenvalue weighted by molar-refractivity contribution is 7.91. The third-order valence-electron chi connectivity index (χ3n) is 5.18. The normalized spacial score (nSPS) is 18.2. The second-order valence-corrected chi connectivity index (χ2v) is 9.52. The Morgan fingerprint density at radius 1 is 1.29 bits per heavy atom. The number of hydrogen-bond acceptors (Lipinski definition) is 4. The molecule has 2 aromatic rings. The third kappa shape index (κ3) is 5.13. The Morgan fingerprint density at radius 2 is 2.07 bits per heavy atom. The number of carbonyl (C=O) groups excluding carboxylic acids is 2. The quantitative estimate of drug-likeness (QED) is 0.697. The van der Waals surface area contributed by atoms with E-state index in [4.69, 9.17) is 0 Å². The molecule has 0 spiro atoms. The number of hydrogen-bond donors (Lipinski definition) is 2. The molecule has 8 heteroatoms. The Hall–Kier alpha value is -2.35. The van der Waals surface area contributed by atoms with Crippen molar-refractivity contribution in [1.29, 1.82) is 0 Å². The second-order valence-electron chi connectivity index (χ2n) is 7.29. The molecule has 1 aliphatic heterocycles. The Bertz CT molecular complexity index is 951. The van der Waals surface area contributed by atoms with E-state index < -0.39 is 9.84 Å². The Balaban J connectivity index is 1.46. The average molecular weight is 406 g/mol. The van der Waals surface area contributed by atoms with Gasteiger partial charge in [0, 0.05) is 36.1 Å². The first-order valence-corrected chi connectivity index (χ1v) is 11.5. The fourth-order valence-electron chi connectivity index (χ4n) is 3.66. The maximum atomic E-state index is 12.5. The van der Waals surface area contributed by atoms with E-state index in [1.807, 2.05) is 31.3 Å². The molecule has 3 rings (SSSR count). The number of likely N-dealkylation sites (N-methyl/N-ethyl adjacent to an activating group) is 1. The van der Waals surface area contributed by atoms with Gasteiger partial charge in [0.15, 0.2) is 9.84 Å². The number of para-hydroxylation sites is 1. The molecule has 1 aliphatic rings. The molecule has 2 N–H and O–H groups in total. The maximum absolute atomic E-state index is 12.5. The molecular formula is C20H27N3O4S. The van der Waals surface area contributed by atoms with E-state index in [9.17, 15) is 18.0 Å². The second kappa shape index (κ2) is 8.77. The van der Waals surface area contributed by atoms with Crippen LogP contribution in [0.5, 0.6) is 0 Å². The van der Waals surface area contributed by atoms with Crippen molar-refractivity contribution in [3.05, 3.63) is 36.0 Å². The van der Waals surface area contributed by atoms with Gasteiger partial charge in [0.2, 0.25) is 11.8 Å². The van der Waals surface area contributed by atoms with Crippen LogP contribution >= 0.6 is 0 Å². The Labute approximate surface area is 165 Å². The van der Waals surface area contributed by atoms with Crippen molar-refractivity contribution in [1.82, 2.24) is 15.2 Å². The number of benzene rings is 1. The summed E-state index contributed by atoms with van der Waals surface area (Å²) in [5.74, 6) is -0.253. The lowest BCUT2D eigenvalue weighted by Gasteiger charge is -2.21. The summed E-state index contributed by atoms with van der Waals surface area (Å²) in [7, 11) is -3.04. The summed E-state index contributed by atoms with van der Waals surface area (Å²) in [4.78, 5) is 29.4. The van der Waals surface area contributed by atoms with E-state index in [0.717, 1.165) is 11.9 Å². The first kappa shape index (κ1) is 20.4. The number of aryl methyl sites for hydroxylation is 1. The van der Waals surface area contributed by atoms with Crippen molar-refractivity contribution in [2.45, 2.75) is 38.6 Å². The van der Waals surface area contributed by atoms with Crippen LogP contribution in [0.1, 0.15) is 31.7 Å². The largest absolute Gasteiger partial charge is 0.361 e. The van der Waals surface area contributed by atoms with Crippen molar-refractivity contribution >= 4 is 32.6 Å². The summed E-state index contributed by atoms with van der Waals surface area (Å²) in [6, 6.07) is 7.73. The van der Waals surface area contributed by atoms with Crippen molar-refractivity contribution in [3.8, 4) is 0 Å². The van der Waals surface area contributed by atoms with Crippen LogP contribution < -0.4 is 5.32 Å². The standard InChI is InChI=1S/C20H27N3O4S/c1-2-23(13-19(24)22-16-10-11-28(26,27)14-16)20(25)9-5-6-15-12-21-18-8-4-3-7-17(15)18/h3-4,7-8,12,16,21H,2,5-6,9-11,13-14H2,1H3,(H,22,24)/t16-/m0/s1. The molecule has 0 saturated carbocycles. The predicted molar refractivity (Wildman–Crippen MR) is 109 cm³/mol. The van der Waals surface area contributed by atoms with Gasteiger partial charge < -0.3 is 15.2 Å². The molecule has 2 amide bonds. The highest BCUT2D eigenvalue weighted by Gasteiger charge is 2.29. The van der Waals surface area contributed by atoms with Crippen LogP contribution in [-0.4, -0.2) is 60.8 Å². The molecule has 28 heavy (non-hydrogen) atoms. The van der Waals surface area contributed by atoms with Gasteiger partial charge in [-0.15, -0.1) is 0 Å². The molecule has 7 nitrogen and oxygen atoms in total. The lowest BCUT2D eigenvalue weighted by molar-refractivity contribution is -0.136. The summed E-state index contributed by atoms with van der Waals surface area (Å²) in [6.45, 7) is 2.26. The molecule has 0 bridgehead atoms. The number of carbonyl (C=O) groups is 2. The zero-order valence-electron chi connectivity index (χ0n) is 16.1. The van der Waals surface area contributed by atoms with Crippen molar-refractivity contribution in [2.24, 2.45) is 0 Å². The molecule has 1 atom stereocenters. The smallest absolute Gasteiger partial charge is 0.239 e. The number of amides is 2. The number of sulfone groups is 1. The Kier molecular flexibility index (Phi) is 6.39. The molecule has 0 unspecified atom stereocenters. The highest BCUT2D eigenvalue weighted by atomic mass is 32.2. The predicted octanol–water partition coefficient (Wildman–Crippen LogP) is 1.64. The number of H-pyrrole nitrogens is 1.